The smallest absolute Gasteiger partial charge is 0.278 e. The van der Waals surface area contributed by atoms with Crippen molar-refractivity contribution in [1.29, 1.82) is 0 Å². The molecule has 1 aliphatic heterocycles. The number of rotatable bonds is 4. The van der Waals surface area contributed by atoms with Crippen LogP contribution in [0.5, 0.6) is 0 Å². The molecule has 0 N–H and O–H groups in total. The summed E-state index contributed by atoms with van der Waals surface area (Å²) in [4.78, 5) is 18.3. The molecule has 1 saturated heterocycles. The highest BCUT2D eigenvalue weighted by Gasteiger charge is 2.46. The van der Waals surface area contributed by atoms with Crippen LogP contribution in [-0.4, -0.2) is 42.0 Å². The molecule has 2 aromatic rings. The van der Waals surface area contributed by atoms with Gasteiger partial charge in [0.1, 0.15) is 11.5 Å². The quantitative estimate of drug-likeness (QED) is 0.728. The van der Waals surface area contributed by atoms with Crippen LogP contribution in [0.15, 0.2) is 30.7 Å². The third-order valence-electron chi connectivity index (χ3n) is 5.93. The molecular weight excluding hydrogens is 385 g/mol. The van der Waals surface area contributed by atoms with Gasteiger partial charge in [-0.15, -0.1) is 0 Å². The standard InChI is InChI=1S/C23H24FN3O3/c1-26(20-7-6-17(10-18(20)24)5-4-16-2-3-16)22(28)19-11-27(15-25-19)12-21-29-13-23(8-9-23)14-30-21/h6-7,10-11,15-16,21H,2-3,8-9,12-14H2,1H3. The molecule has 3 fully saturated rings. The van der Waals surface area contributed by atoms with Crippen LogP contribution in [0.1, 0.15) is 41.7 Å². The molecular formula is C23H24FN3O3. The molecule has 6 nitrogen and oxygen atoms in total. The third-order valence-corrected chi connectivity index (χ3v) is 5.93. The first-order valence-electron chi connectivity index (χ1n) is 10.4. The van der Waals surface area contributed by atoms with Gasteiger partial charge in [0.25, 0.3) is 5.91 Å². The fourth-order valence-electron chi connectivity index (χ4n) is 3.49. The lowest BCUT2D eigenvalue weighted by Gasteiger charge is -2.29. The summed E-state index contributed by atoms with van der Waals surface area (Å²) in [6, 6.07) is 4.69. The number of amides is 1. The van der Waals surface area contributed by atoms with Gasteiger partial charge in [0.2, 0.25) is 0 Å². The predicted octanol–water partition coefficient (Wildman–Crippen LogP) is 3.21. The van der Waals surface area contributed by atoms with E-state index in [4.69, 9.17) is 9.47 Å². The van der Waals surface area contributed by atoms with Crippen LogP contribution in [0, 0.1) is 29.0 Å². The minimum Gasteiger partial charge on any atom is -0.350 e. The van der Waals surface area contributed by atoms with Gasteiger partial charge in [-0.25, -0.2) is 9.37 Å². The maximum atomic E-state index is 14.6. The Morgan fingerprint density at radius 3 is 2.77 bits per heavy atom. The van der Waals surface area contributed by atoms with E-state index >= 15 is 0 Å². The van der Waals surface area contributed by atoms with E-state index in [0.717, 1.165) is 26.1 Å². The van der Waals surface area contributed by atoms with E-state index < -0.39 is 5.82 Å². The number of nitrogens with zero attached hydrogens (tertiary/aromatic N) is 3. The molecule has 5 rings (SSSR count). The maximum Gasteiger partial charge on any atom is 0.278 e. The highest BCUT2D eigenvalue weighted by Crippen LogP contribution is 2.48. The van der Waals surface area contributed by atoms with E-state index in [1.165, 1.54) is 30.9 Å². The molecule has 1 aromatic heterocycles. The van der Waals surface area contributed by atoms with Gasteiger partial charge >= 0.3 is 0 Å². The largest absolute Gasteiger partial charge is 0.350 e. The van der Waals surface area contributed by atoms with Gasteiger partial charge < -0.3 is 18.9 Å². The molecule has 0 bridgehead atoms. The van der Waals surface area contributed by atoms with E-state index in [0.29, 0.717) is 18.0 Å². The van der Waals surface area contributed by atoms with E-state index in [2.05, 4.69) is 16.8 Å². The second kappa shape index (κ2) is 7.53. The lowest BCUT2D eigenvalue weighted by atomic mass is 10.1. The molecule has 2 saturated carbocycles. The summed E-state index contributed by atoms with van der Waals surface area (Å²) in [5, 5.41) is 0. The molecule has 7 heteroatoms. The third kappa shape index (κ3) is 4.11. The Morgan fingerprint density at radius 1 is 1.33 bits per heavy atom. The van der Waals surface area contributed by atoms with Crippen molar-refractivity contribution < 1.29 is 18.7 Å². The first-order chi connectivity index (χ1) is 14.5. The SMILES string of the molecule is CN(C(=O)c1cn(CC2OCC3(CC3)CO2)cn1)c1ccc(C#CC2CC2)cc1F. The van der Waals surface area contributed by atoms with Crippen molar-refractivity contribution in [2.75, 3.05) is 25.2 Å². The van der Waals surface area contributed by atoms with Gasteiger partial charge in [0.05, 0.1) is 31.8 Å². The number of hydrogen-bond acceptors (Lipinski definition) is 4. The van der Waals surface area contributed by atoms with Crippen LogP contribution in [0.4, 0.5) is 10.1 Å². The second-order valence-corrected chi connectivity index (χ2v) is 8.58. The van der Waals surface area contributed by atoms with Crippen LogP contribution in [-0.2, 0) is 16.0 Å². The molecule has 30 heavy (non-hydrogen) atoms. The van der Waals surface area contributed by atoms with Crippen LogP contribution in [0.25, 0.3) is 0 Å². The first kappa shape index (κ1) is 19.3. The number of carbonyl (C=O) groups is 1. The molecule has 0 radical (unpaired) electrons. The Labute approximate surface area is 175 Å². The Balaban J connectivity index is 1.23. The molecule has 2 heterocycles. The van der Waals surface area contributed by atoms with Gasteiger partial charge in [-0.3, -0.25) is 4.79 Å². The van der Waals surface area contributed by atoms with E-state index in [-0.39, 0.29) is 29.0 Å². The van der Waals surface area contributed by atoms with Gasteiger partial charge in [0, 0.05) is 30.1 Å². The van der Waals surface area contributed by atoms with E-state index in [1.807, 2.05) is 0 Å². The van der Waals surface area contributed by atoms with E-state index in [9.17, 15) is 9.18 Å². The van der Waals surface area contributed by atoms with Crippen molar-refractivity contribution in [3.8, 4) is 11.8 Å². The zero-order chi connectivity index (χ0) is 20.7. The lowest BCUT2D eigenvalue weighted by Crippen LogP contribution is -2.35. The summed E-state index contributed by atoms with van der Waals surface area (Å²) in [7, 11) is 1.54. The minimum absolute atomic E-state index is 0.195. The normalized spacial score (nSPS) is 19.9. The van der Waals surface area contributed by atoms with Crippen molar-refractivity contribution in [2.24, 2.45) is 11.3 Å². The van der Waals surface area contributed by atoms with Gasteiger partial charge in [0.15, 0.2) is 6.29 Å². The summed E-state index contributed by atoms with van der Waals surface area (Å²) in [6.45, 7) is 1.91. The number of benzene rings is 1. The summed E-state index contributed by atoms with van der Waals surface area (Å²) in [5.41, 5.74) is 1.30. The zero-order valence-electron chi connectivity index (χ0n) is 16.9. The summed E-state index contributed by atoms with van der Waals surface area (Å²) in [5.74, 6) is 5.69. The molecule has 1 amide bonds. The number of carbonyl (C=O) groups excluding carboxylic acids is 1. The molecule has 3 aliphatic rings. The molecule has 0 unspecified atom stereocenters. The van der Waals surface area contributed by atoms with Gasteiger partial charge in [-0.2, -0.15) is 0 Å². The number of hydrogen-bond donors (Lipinski definition) is 0. The van der Waals surface area contributed by atoms with Gasteiger partial charge in [-0.1, -0.05) is 11.8 Å². The maximum absolute atomic E-state index is 14.6. The van der Waals surface area contributed by atoms with Crippen molar-refractivity contribution in [2.45, 2.75) is 38.5 Å². The van der Waals surface area contributed by atoms with Crippen LogP contribution in [0.2, 0.25) is 0 Å². The number of anilines is 1. The molecule has 1 spiro atoms. The fraction of sp³-hybridized carbons (Fsp3) is 0.478. The Morgan fingerprint density at radius 2 is 2.10 bits per heavy atom. The minimum atomic E-state index is -0.481. The Hall–Kier alpha value is -2.69. The number of aromatic nitrogens is 2. The summed E-state index contributed by atoms with van der Waals surface area (Å²) < 4.78 is 27.9. The zero-order valence-corrected chi connectivity index (χ0v) is 16.9. The monoisotopic (exact) mass is 409 g/mol. The van der Waals surface area contributed by atoms with Crippen molar-refractivity contribution in [3.05, 3.63) is 47.8 Å². The molecule has 2 aliphatic carbocycles. The second-order valence-electron chi connectivity index (χ2n) is 8.58. The average molecular weight is 409 g/mol. The van der Waals surface area contributed by atoms with Crippen molar-refractivity contribution >= 4 is 11.6 Å². The van der Waals surface area contributed by atoms with Crippen LogP contribution in [0.3, 0.4) is 0 Å². The Kier molecular flexibility index (Phi) is 4.84. The molecule has 0 atom stereocenters. The predicted molar refractivity (Wildman–Crippen MR) is 108 cm³/mol. The highest BCUT2D eigenvalue weighted by molar-refractivity contribution is 6.04. The topological polar surface area (TPSA) is 56.6 Å². The van der Waals surface area contributed by atoms with Crippen LogP contribution < -0.4 is 4.90 Å². The number of imidazole rings is 1. The van der Waals surface area contributed by atoms with Gasteiger partial charge in [-0.05, 0) is 43.9 Å². The van der Waals surface area contributed by atoms with Crippen molar-refractivity contribution in [3.63, 3.8) is 0 Å². The lowest BCUT2D eigenvalue weighted by molar-refractivity contribution is -0.212. The van der Waals surface area contributed by atoms with E-state index in [1.54, 1.807) is 29.2 Å². The summed E-state index contributed by atoms with van der Waals surface area (Å²) >= 11 is 0. The number of ether oxygens (including phenoxy) is 2. The Bertz CT molecular complexity index is 1020. The molecule has 156 valence electrons. The van der Waals surface area contributed by atoms with Crippen molar-refractivity contribution in [1.82, 2.24) is 9.55 Å². The van der Waals surface area contributed by atoms with Crippen LogP contribution >= 0.6 is 0 Å². The highest BCUT2D eigenvalue weighted by atomic mass is 19.1. The molecule has 1 aromatic carbocycles. The fourth-order valence-corrected chi connectivity index (χ4v) is 3.49. The average Bonchev–Trinajstić information content (AvgIpc) is 3.67. The first-order valence-corrected chi connectivity index (χ1v) is 10.4. The number of halogens is 1. The summed E-state index contributed by atoms with van der Waals surface area (Å²) in [6.07, 6.45) is 7.45.